The fourth-order valence-corrected chi connectivity index (χ4v) is 3.16. The summed E-state index contributed by atoms with van der Waals surface area (Å²) in [7, 11) is 0. The van der Waals surface area contributed by atoms with Crippen LogP contribution in [0, 0.1) is 0 Å². The van der Waals surface area contributed by atoms with Crippen LogP contribution in [0.25, 0.3) is 0 Å². The van der Waals surface area contributed by atoms with Crippen molar-refractivity contribution in [2.24, 2.45) is 0 Å². The van der Waals surface area contributed by atoms with Crippen molar-refractivity contribution in [1.29, 1.82) is 0 Å². The van der Waals surface area contributed by atoms with Crippen LogP contribution in [0.15, 0.2) is 30.3 Å². The molecule has 0 aromatic heterocycles. The number of rotatable bonds is 6. The van der Waals surface area contributed by atoms with Gasteiger partial charge in [0.15, 0.2) is 0 Å². The molecule has 1 aromatic carbocycles. The van der Waals surface area contributed by atoms with Gasteiger partial charge in [0, 0.05) is 13.1 Å². The van der Waals surface area contributed by atoms with Crippen LogP contribution < -0.4 is 5.32 Å². The molecule has 1 amide bonds. The van der Waals surface area contributed by atoms with Crippen molar-refractivity contribution in [2.75, 3.05) is 25.6 Å². The average Bonchev–Trinajstić information content (AvgIpc) is 2.50. The summed E-state index contributed by atoms with van der Waals surface area (Å²) in [6.45, 7) is 3.64. The zero-order chi connectivity index (χ0) is 15.9. The molecule has 1 aliphatic rings. The number of nitrogens with one attached hydrogen (secondary N) is 1. The molecule has 1 aliphatic heterocycles. The highest BCUT2D eigenvalue weighted by Crippen LogP contribution is 2.20. The lowest BCUT2D eigenvalue weighted by Crippen LogP contribution is -2.48. The molecular formula is C15H21N3O2S2. The van der Waals surface area contributed by atoms with E-state index in [0.29, 0.717) is 19.1 Å². The first-order chi connectivity index (χ1) is 10.5. The maximum absolute atomic E-state index is 11.8. The Labute approximate surface area is 140 Å². The lowest BCUT2D eigenvalue weighted by atomic mass is 10.2. The fourth-order valence-electron chi connectivity index (χ4n) is 2.11. The quantitative estimate of drug-likeness (QED) is 0.761. The number of carbonyl (C=O) groups is 1. The number of aliphatic hydroxyl groups excluding tert-OH is 1. The van der Waals surface area contributed by atoms with Crippen LogP contribution in [0.2, 0.25) is 0 Å². The second-order valence-electron chi connectivity index (χ2n) is 5.35. The van der Waals surface area contributed by atoms with E-state index in [2.05, 4.69) is 22.3 Å². The highest BCUT2D eigenvalue weighted by Gasteiger charge is 2.23. The molecule has 5 nitrogen and oxygen atoms in total. The predicted molar refractivity (Wildman–Crippen MR) is 93.3 cm³/mol. The number of thiocarbonyl (C=S) groups is 1. The number of hydrogen-bond acceptors (Lipinski definition) is 5. The smallest absolute Gasteiger partial charge is 0.234 e. The molecule has 1 fully saturated rings. The molecular weight excluding hydrogens is 318 g/mol. The number of thioether (sulfide) groups is 1. The minimum Gasteiger partial charge on any atom is -0.392 e. The molecule has 0 radical (unpaired) electrons. The molecule has 1 heterocycles. The third-order valence-corrected chi connectivity index (χ3v) is 4.79. The lowest BCUT2D eigenvalue weighted by Gasteiger charge is -2.36. The van der Waals surface area contributed by atoms with Gasteiger partial charge in [-0.05, 0) is 12.5 Å². The van der Waals surface area contributed by atoms with Gasteiger partial charge in [-0.3, -0.25) is 9.69 Å². The predicted octanol–water partition coefficient (Wildman–Crippen LogP) is 1.23. The van der Waals surface area contributed by atoms with E-state index in [0.717, 1.165) is 10.9 Å². The Hall–Kier alpha value is -1.15. The molecule has 0 saturated carbocycles. The fraction of sp³-hybridized carbons (Fsp3) is 0.467. The summed E-state index contributed by atoms with van der Waals surface area (Å²) in [5, 5.41) is 11.9. The van der Waals surface area contributed by atoms with Crippen molar-refractivity contribution in [1.82, 2.24) is 15.1 Å². The number of nitrogens with zero attached hydrogens (tertiary/aromatic N) is 2. The van der Waals surface area contributed by atoms with E-state index < -0.39 is 6.10 Å². The van der Waals surface area contributed by atoms with Gasteiger partial charge in [-0.2, -0.15) is 0 Å². The summed E-state index contributed by atoms with van der Waals surface area (Å²) < 4.78 is 0.865. The van der Waals surface area contributed by atoms with Gasteiger partial charge in [-0.15, -0.1) is 0 Å². The Morgan fingerprint density at radius 2 is 2.18 bits per heavy atom. The maximum Gasteiger partial charge on any atom is 0.234 e. The number of carbonyl (C=O) groups excluding carboxylic acids is 1. The van der Waals surface area contributed by atoms with E-state index >= 15 is 0 Å². The van der Waals surface area contributed by atoms with Gasteiger partial charge in [-0.1, -0.05) is 54.3 Å². The van der Waals surface area contributed by atoms with Crippen molar-refractivity contribution in [2.45, 2.75) is 19.6 Å². The van der Waals surface area contributed by atoms with Crippen LogP contribution in [0.4, 0.5) is 0 Å². The van der Waals surface area contributed by atoms with Crippen molar-refractivity contribution in [3.05, 3.63) is 35.9 Å². The zero-order valence-electron chi connectivity index (χ0n) is 12.6. The summed E-state index contributed by atoms with van der Waals surface area (Å²) in [6, 6.07) is 10.2. The van der Waals surface area contributed by atoms with Crippen LogP contribution in [0.3, 0.4) is 0 Å². The van der Waals surface area contributed by atoms with Gasteiger partial charge in [0.2, 0.25) is 5.91 Å². The van der Waals surface area contributed by atoms with E-state index in [9.17, 15) is 9.90 Å². The van der Waals surface area contributed by atoms with Gasteiger partial charge >= 0.3 is 0 Å². The molecule has 1 atom stereocenters. The Morgan fingerprint density at radius 3 is 2.86 bits per heavy atom. The van der Waals surface area contributed by atoms with Gasteiger partial charge in [0.25, 0.3) is 0 Å². The van der Waals surface area contributed by atoms with Crippen molar-refractivity contribution < 1.29 is 9.90 Å². The molecule has 22 heavy (non-hydrogen) atoms. The zero-order valence-corrected chi connectivity index (χ0v) is 14.2. The number of hydrogen-bond donors (Lipinski definition) is 2. The van der Waals surface area contributed by atoms with Crippen LogP contribution >= 0.6 is 24.0 Å². The number of amides is 1. The second kappa shape index (κ2) is 8.47. The van der Waals surface area contributed by atoms with Crippen molar-refractivity contribution >= 4 is 34.2 Å². The van der Waals surface area contributed by atoms with E-state index in [1.807, 2.05) is 23.1 Å². The van der Waals surface area contributed by atoms with Gasteiger partial charge < -0.3 is 15.3 Å². The Kier molecular flexibility index (Phi) is 6.63. The topological polar surface area (TPSA) is 55.8 Å². The molecule has 2 N–H and O–H groups in total. The van der Waals surface area contributed by atoms with E-state index in [4.69, 9.17) is 12.2 Å². The molecule has 120 valence electrons. The molecule has 0 bridgehead atoms. The Bertz CT molecular complexity index is 511. The summed E-state index contributed by atoms with van der Waals surface area (Å²) in [4.78, 5) is 16.0. The average molecular weight is 339 g/mol. The summed E-state index contributed by atoms with van der Waals surface area (Å²) in [6.07, 6.45) is -0.526. The van der Waals surface area contributed by atoms with Crippen molar-refractivity contribution in [3.63, 3.8) is 0 Å². The molecule has 2 rings (SSSR count). The number of aliphatic hydroxyl groups is 1. The molecule has 7 heteroatoms. The van der Waals surface area contributed by atoms with Gasteiger partial charge in [0.1, 0.15) is 4.32 Å². The molecule has 1 aromatic rings. The minimum absolute atomic E-state index is 0.0750. The van der Waals surface area contributed by atoms with Crippen molar-refractivity contribution in [3.8, 4) is 0 Å². The largest absolute Gasteiger partial charge is 0.392 e. The standard InChI is InChI=1S/C15H21N3O2S2/c1-12(19)7-16-14(20)9-17-10-18(15(21)22-11-17)8-13-5-3-2-4-6-13/h2-6,12,19H,7-11H2,1H3,(H,16,20)/t12-/m1/s1. The SMILES string of the molecule is C[C@@H](O)CNC(=O)CN1CSC(=S)N(Cc2ccccc2)C1. The summed E-state index contributed by atoms with van der Waals surface area (Å²) >= 11 is 6.98. The Balaban J connectivity index is 1.85. The lowest BCUT2D eigenvalue weighted by molar-refractivity contribution is -0.122. The number of benzene rings is 1. The molecule has 1 saturated heterocycles. The third-order valence-electron chi connectivity index (χ3n) is 3.18. The van der Waals surface area contributed by atoms with Gasteiger partial charge in [0.05, 0.1) is 25.2 Å². The second-order valence-corrected chi connectivity index (χ2v) is 6.93. The molecule has 0 aliphatic carbocycles. The van der Waals surface area contributed by atoms with Crippen LogP contribution in [-0.4, -0.2) is 56.9 Å². The highest BCUT2D eigenvalue weighted by atomic mass is 32.2. The monoisotopic (exact) mass is 339 g/mol. The van der Waals surface area contributed by atoms with E-state index in [-0.39, 0.29) is 12.5 Å². The van der Waals surface area contributed by atoms with Crippen LogP contribution in [0.5, 0.6) is 0 Å². The highest BCUT2D eigenvalue weighted by molar-refractivity contribution is 8.22. The van der Waals surface area contributed by atoms with Gasteiger partial charge in [-0.25, -0.2) is 0 Å². The Morgan fingerprint density at radius 1 is 1.45 bits per heavy atom. The molecule has 0 unspecified atom stereocenters. The van der Waals surface area contributed by atoms with E-state index in [1.165, 1.54) is 5.56 Å². The minimum atomic E-state index is -0.526. The first-order valence-corrected chi connectivity index (χ1v) is 8.56. The van der Waals surface area contributed by atoms with Crippen LogP contribution in [0.1, 0.15) is 12.5 Å². The summed E-state index contributed by atoms with van der Waals surface area (Å²) in [5.41, 5.74) is 1.20. The summed E-state index contributed by atoms with van der Waals surface area (Å²) in [5.74, 6) is 0.639. The van der Waals surface area contributed by atoms with Crippen LogP contribution in [-0.2, 0) is 11.3 Å². The first-order valence-electron chi connectivity index (χ1n) is 7.17. The normalized spacial score (nSPS) is 17.4. The molecule has 0 spiro atoms. The third kappa shape index (κ3) is 5.57. The first kappa shape index (κ1) is 17.2. The van der Waals surface area contributed by atoms with E-state index in [1.54, 1.807) is 18.7 Å². The maximum atomic E-state index is 11.8.